The highest BCUT2D eigenvalue weighted by atomic mass is 19.1. The molecule has 0 bridgehead atoms. The number of nitrogens with two attached hydrogens (primary N) is 1. The molecule has 1 aliphatic heterocycles. The minimum Gasteiger partial charge on any atom is -0.403 e. The quantitative estimate of drug-likeness (QED) is 0.716. The van der Waals surface area contributed by atoms with E-state index in [1.807, 2.05) is 4.90 Å². The van der Waals surface area contributed by atoms with Crippen molar-refractivity contribution in [3.05, 3.63) is 54.4 Å². The number of hydrogen-bond donors (Lipinski definition) is 3. The van der Waals surface area contributed by atoms with Gasteiger partial charge in [0, 0.05) is 18.8 Å². The van der Waals surface area contributed by atoms with Crippen LogP contribution in [-0.2, 0) is 0 Å². The van der Waals surface area contributed by atoms with Crippen LogP contribution in [0.15, 0.2) is 58.5 Å². The summed E-state index contributed by atoms with van der Waals surface area (Å²) in [6.07, 6.45) is 6.78. The number of aliphatic imine (C=N–C) groups is 2. The third kappa shape index (κ3) is 4.30. The molecule has 7 heteroatoms. The van der Waals surface area contributed by atoms with E-state index in [0.29, 0.717) is 29.0 Å². The van der Waals surface area contributed by atoms with Gasteiger partial charge < -0.3 is 16.4 Å². The van der Waals surface area contributed by atoms with Crippen molar-refractivity contribution < 1.29 is 4.39 Å². The third-order valence-electron chi connectivity index (χ3n) is 4.70. The van der Waals surface area contributed by atoms with E-state index in [9.17, 15) is 4.39 Å². The Labute approximate surface area is 159 Å². The average molecular weight is 370 g/mol. The largest absolute Gasteiger partial charge is 0.403 e. The molecule has 0 atom stereocenters. The standard InChI is InChI=1S/C20H27FN6/c1-3-12-23-14(2)24-19-18(13-22)26-20(27(19)15-8-4-5-9-15)25-17-11-7-6-10-16(17)21/h6-7,10-11,13,15,23H,2-5,8-9,12,22H2,1H3,(H,25,26)/b18-13+,24-19+. The van der Waals surface area contributed by atoms with Crippen LogP contribution in [0.2, 0.25) is 0 Å². The molecule has 0 aromatic heterocycles. The van der Waals surface area contributed by atoms with E-state index < -0.39 is 0 Å². The minimum absolute atomic E-state index is 0.248. The summed E-state index contributed by atoms with van der Waals surface area (Å²) >= 11 is 0. The second-order valence-electron chi connectivity index (χ2n) is 6.71. The maximum absolute atomic E-state index is 14.1. The van der Waals surface area contributed by atoms with Crippen molar-refractivity contribution in [1.29, 1.82) is 0 Å². The molecule has 1 heterocycles. The van der Waals surface area contributed by atoms with Crippen LogP contribution >= 0.6 is 0 Å². The number of anilines is 1. The number of halogens is 1. The van der Waals surface area contributed by atoms with E-state index in [-0.39, 0.29) is 11.9 Å². The number of benzene rings is 1. The average Bonchev–Trinajstić information content (AvgIpc) is 3.29. The van der Waals surface area contributed by atoms with Crippen LogP contribution in [0.25, 0.3) is 0 Å². The normalized spacial score (nSPS) is 20.4. The van der Waals surface area contributed by atoms with Crippen molar-refractivity contribution in [2.75, 3.05) is 11.9 Å². The van der Waals surface area contributed by atoms with E-state index >= 15 is 0 Å². The lowest BCUT2D eigenvalue weighted by Gasteiger charge is -2.28. The van der Waals surface area contributed by atoms with Crippen molar-refractivity contribution in [3.8, 4) is 0 Å². The van der Waals surface area contributed by atoms with Gasteiger partial charge in [0.2, 0.25) is 5.96 Å². The third-order valence-corrected chi connectivity index (χ3v) is 4.70. The summed E-state index contributed by atoms with van der Waals surface area (Å²) in [5.74, 6) is 1.43. The number of para-hydroxylation sites is 1. The SMILES string of the molecule is C=C(/N=C1\C(=C/N)N=C(Nc2ccccc2F)N1C1CCCC1)NCCC. The number of rotatable bonds is 6. The summed E-state index contributed by atoms with van der Waals surface area (Å²) in [4.78, 5) is 11.3. The maximum Gasteiger partial charge on any atom is 0.210 e. The monoisotopic (exact) mass is 370 g/mol. The van der Waals surface area contributed by atoms with Crippen LogP contribution in [-0.4, -0.2) is 29.3 Å². The molecule has 1 aromatic carbocycles. The summed E-state index contributed by atoms with van der Waals surface area (Å²) in [5.41, 5.74) is 6.75. The Morgan fingerprint density at radius 2 is 2.15 bits per heavy atom. The van der Waals surface area contributed by atoms with Crippen molar-refractivity contribution in [2.24, 2.45) is 15.7 Å². The van der Waals surface area contributed by atoms with E-state index in [2.05, 4.69) is 34.1 Å². The minimum atomic E-state index is -0.329. The van der Waals surface area contributed by atoms with Crippen molar-refractivity contribution in [1.82, 2.24) is 10.2 Å². The molecule has 0 saturated heterocycles. The van der Waals surface area contributed by atoms with Crippen molar-refractivity contribution in [2.45, 2.75) is 45.1 Å². The first-order valence-corrected chi connectivity index (χ1v) is 9.47. The molecule has 144 valence electrons. The maximum atomic E-state index is 14.1. The van der Waals surface area contributed by atoms with Gasteiger partial charge >= 0.3 is 0 Å². The van der Waals surface area contributed by atoms with Gasteiger partial charge in [-0.2, -0.15) is 0 Å². The summed E-state index contributed by atoms with van der Waals surface area (Å²) in [5, 5.41) is 6.30. The summed E-state index contributed by atoms with van der Waals surface area (Å²) in [6, 6.07) is 6.80. The van der Waals surface area contributed by atoms with Crippen LogP contribution in [0.3, 0.4) is 0 Å². The zero-order valence-corrected chi connectivity index (χ0v) is 15.7. The first-order chi connectivity index (χ1) is 13.1. The number of amidine groups is 1. The Balaban J connectivity index is 1.93. The fraction of sp³-hybridized carbons (Fsp3) is 0.400. The number of nitrogens with one attached hydrogen (secondary N) is 2. The summed E-state index contributed by atoms with van der Waals surface area (Å²) in [6.45, 7) is 6.86. The second kappa shape index (κ2) is 8.70. The highest BCUT2D eigenvalue weighted by Gasteiger charge is 2.36. The van der Waals surface area contributed by atoms with Gasteiger partial charge in [-0.1, -0.05) is 38.5 Å². The predicted octanol–water partition coefficient (Wildman–Crippen LogP) is 3.52. The fourth-order valence-corrected chi connectivity index (χ4v) is 3.38. The molecule has 1 saturated carbocycles. The van der Waals surface area contributed by atoms with Crippen LogP contribution in [0.4, 0.5) is 10.1 Å². The van der Waals surface area contributed by atoms with E-state index in [1.165, 1.54) is 12.3 Å². The molecule has 2 aliphatic rings. The van der Waals surface area contributed by atoms with Gasteiger partial charge in [-0.15, -0.1) is 0 Å². The second-order valence-corrected chi connectivity index (χ2v) is 6.71. The number of nitrogens with zero attached hydrogens (tertiary/aromatic N) is 3. The van der Waals surface area contributed by atoms with Gasteiger partial charge in [-0.3, -0.25) is 4.90 Å². The van der Waals surface area contributed by atoms with Crippen LogP contribution < -0.4 is 16.4 Å². The fourth-order valence-electron chi connectivity index (χ4n) is 3.38. The van der Waals surface area contributed by atoms with Crippen molar-refractivity contribution >= 4 is 17.5 Å². The lowest BCUT2D eigenvalue weighted by molar-refractivity contribution is 0.447. The van der Waals surface area contributed by atoms with E-state index in [0.717, 1.165) is 38.6 Å². The topological polar surface area (TPSA) is 78.0 Å². The zero-order valence-electron chi connectivity index (χ0n) is 15.7. The molecule has 1 aliphatic carbocycles. The highest BCUT2D eigenvalue weighted by Crippen LogP contribution is 2.30. The van der Waals surface area contributed by atoms with Gasteiger partial charge in [0.15, 0.2) is 5.84 Å². The van der Waals surface area contributed by atoms with Gasteiger partial charge in [0.05, 0.1) is 5.69 Å². The zero-order chi connectivity index (χ0) is 19.2. The Morgan fingerprint density at radius 3 is 2.81 bits per heavy atom. The van der Waals surface area contributed by atoms with Crippen LogP contribution in [0, 0.1) is 5.82 Å². The molecule has 0 spiro atoms. The lowest BCUT2D eigenvalue weighted by Crippen LogP contribution is -2.43. The molecule has 3 rings (SSSR count). The van der Waals surface area contributed by atoms with Gasteiger partial charge in [-0.05, 0) is 31.4 Å². The Kier molecular flexibility index (Phi) is 6.11. The highest BCUT2D eigenvalue weighted by molar-refractivity contribution is 6.18. The first kappa shape index (κ1) is 18.9. The first-order valence-electron chi connectivity index (χ1n) is 9.47. The van der Waals surface area contributed by atoms with E-state index in [4.69, 9.17) is 5.73 Å². The summed E-state index contributed by atoms with van der Waals surface area (Å²) in [7, 11) is 0. The Morgan fingerprint density at radius 1 is 1.41 bits per heavy atom. The van der Waals surface area contributed by atoms with E-state index in [1.54, 1.807) is 18.2 Å². The summed E-state index contributed by atoms with van der Waals surface area (Å²) < 4.78 is 14.1. The molecule has 0 radical (unpaired) electrons. The molecule has 6 nitrogen and oxygen atoms in total. The lowest BCUT2D eigenvalue weighted by atomic mass is 10.2. The molecule has 4 N–H and O–H groups in total. The van der Waals surface area contributed by atoms with Crippen molar-refractivity contribution in [3.63, 3.8) is 0 Å². The van der Waals surface area contributed by atoms with Gasteiger partial charge in [-0.25, -0.2) is 14.4 Å². The molecule has 0 amide bonds. The number of guanidine groups is 1. The van der Waals surface area contributed by atoms with Crippen LogP contribution in [0.1, 0.15) is 39.0 Å². The predicted molar refractivity (Wildman–Crippen MR) is 109 cm³/mol. The van der Waals surface area contributed by atoms with Gasteiger partial charge in [0.25, 0.3) is 0 Å². The molecule has 1 aromatic rings. The molecular formula is C20H27FN6. The molecule has 27 heavy (non-hydrogen) atoms. The van der Waals surface area contributed by atoms with Gasteiger partial charge in [0.1, 0.15) is 17.3 Å². The Bertz CT molecular complexity index is 776. The molecule has 0 unspecified atom stereocenters. The molecule has 1 fully saturated rings. The Hall–Kier alpha value is -2.83. The number of hydrogen-bond acceptors (Lipinski definition) is 5. The van der Waals surface area contributed by atoms with Crippen LogP contribution in [0.5, 0.6) is 0 Å². The molecular weight excluding hydrogens is 343 g/mol. The smallest absolute Gasteiger partial charge is 0.210 e.